The minimum atomic E-state index is -1.24. The number of imidazole rings is 1. The average Bonchev–Trinajstić information content (AvgIpc) is 1.33. The van der Waals surface area contributed by atoms with Crippen molar-refractivity contribution in [1.29, 1.82) is 0 Å². The predicted molar refractivity (Wildman–Crippen MR) is 384 cm³/mol. The van der Waals surface area contributed by atoms with Gasteiger partial charge in [-0.3, -0.25) is 52.9 Å². The summed E-state index contributed by atoms with van der Waals surface area (Å²) in [6, 6.07) is 9.65. The third-order valence-corrected chi connectivity index (χ3v) is 18.2. The second kappa shape index (κ2) is 47.4. The molecule has 0 saturated carbocycles. The van der Waals surface area contributed by atoms with E-state index in [4.69, 9.17) is 11.5 Å². The summed E-state index contributed by atoms with van der Waals surface area (Å²) >= 11 is 0. The Morgan fingerprint density at radius 2 is 1.00 bits per heavy atom. The van der Waals surface area contributed by atoms with Gasteiger partial charge in [-0.1, -0.05) is 161 Å². The third-order valence-electron chi connectivity index (χ3n) is 18.2. The number of unbranched alkanes of at least 4 members (excludes halogenated alkanes) is 12. The molecule has 23 heteroatoms. The lowest BCUT2D eigenvalue weighted by molar-refractivity contribution is -0.136. The highest BCUT2D eigenvalue weighted by Gasteiger charge is 2.36. The number of rotatable bonds is 54. The van der Waals surface area contributed by atoms with Crippen molar-refractivity contribution < 1.29 is 63.3 Å². The highest BCUT2D eigenvalue weighted by molar-refractivity contribution is 5.98. The molecule has 0 aliphatic carbocycles. The zero-order chi connectivity index (χ0) is 73.4. The van der Waals surface area contributed by atoms with Gasteiger partial charge in [0.05, 0.1) is 55.2 Å². The molecule has 99 heavy (non-hydrogen) atoms. The van der Waals surface area contributed by atoms with Gasteiger partial charge in [0, 0.05) is 87.1 Å². The molecule has 11 atom stereocenters. The molecule has 0 bridgehead atoms. The summed E-state index contributed by atoms with van der Waals surface area (Å²) in [6.45, 7) is 15.4. The second-order valence-corrected chi connectivity index (χ2v) is 28.3. The first-order valence-corrected chi connectivity index (χ1v) is 36.4. The van der Waals surface area contributed by atoms with Gasteiger partial charge in [-0.05, 0) is 101 Å². The smallest absolute Gasteiger partial charge is 0.226 e. The zero-order valence-corrected chi connectivity index (χ0v) is 60.6. The number of hydrogen-bond acceptors (Lipinski definition) is 15. The number of hydrogen-bond donors (Lipinski definition) is 11. The summed E-state index contributed by atoms with van der Waals surface area (Å²) in [6.07, 6.45) is 17.0. The number of ketones is 5. The first-order valence-electron chi connectivity index (χ1n) is 36.4. The van der Waals surface area contributed by atoms with Crippen LogP contribution in [0.1, 0.15) is 227 Å². The van der Waals surface area contributed by atoms with Crippen molar-refractivity contribution in [3.8, 4) is 5.75 Å². The molecule has 0 aliphatic heterocycles. The molecular formula is C76H120N10O13. The van der Waals surface area contributed by atoms with Crippen LogP contribution in [0.15, 0.2) is 72.1 Å². The molecule has 0 radical (unpaired) electrons. The number of benzene rings is 2. The van der Waals surface area contributed by atoms with E-state index in [1.165, 1.54) is 96.3 Å². The van der Waals surface area contributed by atoms with Crippen LogP contribution in [0.4, 0.5) is 0 Å². The van der Waals surface area contributed by atoms with Crippen LogP contribution in [-0.2, 0) is 67.2 Å². The minimum absolute atomic E-state index is 0.00154. The summed E-state index contributed by atoms with van der Waals surface area (Å²) in [7, 11) is 0. The number of nitrogens with two attached hydrogens (primary N) is 2. The van der Waals surface area contributed by atoms with E-state index in [0.717, 1.165) is 25.7 Å². The van der Waals surface area contributed by atoms with E-state index >= 15 is 0 Å². The minimum Gasteiger partial charge on any atom is -0.508 e. The third kappa shape index (κ3) is 35.3. The zero-order valence-electron chi connectivity index (χ0n) is 60.6. The fourth-order valence-electron chi connectivity index (χ4n) is 12.1. The van der Waals surface area contributed by atoms with Crippen LogP contribution in [0.3, 0.4) is 0 Å². The van der Waals surface area contributed by atoms with Crippen molar-refractivity contribution in [3.63, 3.8) is 0 Å². The predicted octanol–water partition coefficient (Wildman–Crippen LogP) is 8.50. The first-order chi connectivity index (χ1) is 47.1. The SMILES string of the molecule is CCCCCCCCCCCCCCCC(=O)C[C@@H](CC(C)C)C(=O)N[C@@H](C)C(=O)C[C@@H](Cc1ccc(O)cc1)C(=O)N[C@@H](Cc1ccccc1)C(=O)C[C@@H](C)C(=O)N[C@@H](CCCN=C(N)N)C(=O)C[C@@H](CC(C)C)C(=O)N[C@@H](Cc1cnc[nH]1)C(=O)C[C@@H](CO)C(=O)N[C@H](C)[C@@H](C)O. The number of aliphatic hydroxyl groups excluding tert-OH is 2. The van der Waals surface area contributed by atoms with Gasteiger partial charge in [0.1, 0.15) is 11.5 Å². The summed E-state index contributed by atoms with van der Waals surface area (Å²) in [5.74, 6) is -10.5. The summed E-state index contributed by atoms with van der Waals surface area (Å²) in [5, 5.41) is 44.3. The van der Waals surface area contributed by atoms with E-state index in [9.17, 15) is 63.3 Å². The number of guanidine groups is 1. The molecule has 3 rings (SSSR count). The van der Waals surface area contributed by atoms with Crippen LogP contribution >= 0.6 is 0 Å². The van der Waals surface area contributed by atoms with E-state index in [0.29, 0.717) is 29.7 Å². The van der Waals surface area contributed by atoms with Crippen LogP contribution in [-0.4, -0.2) is 139 Å². The van der Waals surface area contributed by atoms with E-state index in [1.54, 1.807) is 56.3 Å². The Hall–Kier alpha value is -7.66. The number of aromatic amines is 1. The number of nitrogens with zero attached hydrogens (tertiary/aromatic N) is 2. The molecule has 3 aromatic rings. The number of aromatic nitrogens is 2. The van der Waals surface area contributed by atoms with Crippen molar-refractivity contribution in [2.24, 2.45) is 57.9 Å². The molecule has 0 aliphatic rings. The van der Waals surface area contributed by atoms with Gasteiger partial charge in [0.2, 0.25) is 29.5 Å². The molecule has 1 heterocycles. The summed E-state index contributed by atoms with van der Waals surface area (Å²) < 4.78 is 0. The van der Waals surface area contributed by atoms with Gasteiger partial charge < -0.3 is 58.4 Å². The van der Waals surface area contributed by atoms with Gasteiger partial charge in [-0.15, -0.1) is 0 Å². The highest BCUT2D eigenvalue weighted by Crippen LogP contribution is 2.25. The van der Waals surface area contributed by atoms with Crippen LogP contribution in [0.25, 0.3) is 0 Å². The molecule has 13 N–H and O–H groups in total. The number of nitrogens with one attached hydrogen (secondary N) is 6. The normalized spacial score (nSPS) is 14.8. The number of phenols is 1. The van der Waals surface area contributed by atoms with Gasteiger partial charge in [-0.25, -0.2) is 4.98 Å². The molecular weight excluding hydrogens is 1260 g/mol. The molecule has 5 amide bonds. The van der Waals surface area contributed by atoms with Crippen LogP contribution in [0, 0.1) is 41.4 Å². The number of Topliss-reactive ketones (excluding diaryl/α,β-unsaturated/α-hetero) is 5. The summed E-state index contributed by atoms with van der Waals surface area (Å²) in [4.78, 5) is 153. The van der Waals surface area contributed by atoms with Crippen LogP contribution < -0.4 is 38.1 Å². The lowest BCUT2D eigenvalue weighted by Crippen LogP contribution is -2.49. The quantitative estimate of drug-likeness (QED) is 0.0143. The number of aromatic hydroxyl groups is 1. The Kier molecular flexibility index (Phi) is 41.0. The molecule has 0 saturated heterocycles. The Labute approximate surface area is 588 Å². The van der Waals surface area contributed by atoms with Crippen LogP contribution in [0.2, 0.25) is 0 Å². The highest BCUT2D eigenvalue weighted by atomic mass is 16.3. The summed E-state index contributed by atoms with van der Waals surface area (Å²) in [5.41, 5.74) is 13.0. The Bertz CT molecular complexity index is 2950. The standard InChI is InChI=1S/C76H120N10O13/c1-10-11-12-13-14-15-16-17-18-19-20-21-25-29-63(90)41-57(36-49(2)3)72(96)83-53(8)67(91)42-59(39-56-31-33-62(89)34-32-56)74(98)85-65(40-55-27-23-22-24-28-55)68(92)38-51(6)71(95)84-64(30-26-35-80-76(77)78)69(93)43-58(37-50(4)5)73(97)86-66(45-61-46-79-48-81-61)70(94)44-60(47-87)75(99)82-52(7)54(9)88/h22-24,27-28,31-34,46,48-54,57-60,64-66,87-89H,10-21,25-26,29-30,35-45,47H2,1-9H3,(H,79,81)(H,82,99)(H,83,96)(H,84,95)(H,85,98)(H,86,97)(H4,77,78,80)/t51-,52-,53+,54-,57-,58-,59-,60+,64+,65+,66+/m1/s1. The number of phenolic OH excluding ortho intramolecular Hbond substituents is 1. The number of carbonyl (C=O) groups is 10. The monoisotopic (exact) mass is 1380 g/mol. The maximum Gasteiger partial charge on any atom is 0.226 e. The van der Waals surface area contributed by atoms with Crippen molar-refractivity contribution in [2.75, 3.05) is 13.2 Å². The fourth-order valence-corrected chi connectivity index (χ4v) is 12.1. The molecule has 0 spiro atoms. The lowest BCUT2D eigenvalue weighted by atomic mass is 9.87. The van der Waals surface area contributed by atoms with Crippen molar-refractivity contribution in [1.82, 2.24) is 36.6 Å². The average molecular weight is 1380 g/mol. The Morgan fingerprint density at radius 1 is 0.515 bits per heavy atom. The lowest BCUT2D eigenvalue weighted by Gasteiger charge is -2.26. The molecule has 23 nitrogen and oxygen atoms in total. The first kappa shape index (κ1) is 85.6. The number of aliphatic imine (C=N–C) groups is 1. The van der Waals surface area contributed by atoms with Crippen molar-refractivity contribution in [3.05, 3.63) is 83.9 Å². The Balaban J connectivity index is 1.82. The van der Waals surface area contributed by atoms with Gasteiger partial charge >= 0.3 is 0 Å². The number of carbonyl (C=O) groups excluding carboxylic acids is 10. The number of aliphatic hydroxyl groups is 2. The second-order valence-electron chi connectivity index (χ2n) is 28.3. The van der Waals surface area contributed by atoms with Gasteiger partial charge in [-0.2, -0.15) is 0 Å². The van der Waals surface area contributed by atoms with Crippen molar-refractivity contribution in [2.45, 2.75) is 266 Å². The largest absolute Gasteiger partial charge is 0.508 e. The molecule has 2 aromatic carbocycles. The fraction of sp³-hybridized carbons (Fsp3) is 0.658. The molecule has 552 valence electrons. The maximum atomic E-state index is 14.8. The Morgan fingerprint density at radius 3 is 1.55 bits per heavy atom. The van der Waals surface area contributed by atoms with Crippen molar-refractivity contribution >= 4 is 64.4 Å². The van der Waals surface area contributed by atoms with E-state index in [2.05, 4.69) is 48.5 Å². The molecule has 0 fully saturated rings. The molecule has 0 unspecified atom stereocenters. The van der Waals surface area contributed by atoms with E-state index < -0.39 is 144 Å². The van der Waals surface area contributed by atoms with Gasteiger partial charge in [0.25, 0.3) is 0 Å². The van der Waals surface area contributed by atoms with Crippen LogP contribution in [0.5, 0.6) is 5.75 Å². The number of amides is 5. The molecule has 1 aromatic heterocycles. The number of H-pyrrole nitrogens is 1. The topological polar surface area (TPSA) is 385 Å². The maximum absolute atomic E-state index is 14.8. The van der Waals surface area contributed by atoms with E-state index in [-0.39, 0.29) is 87.2 Å². The van der Waals surface area contributed by atoms with Gasteiger partial charge in [0.15, 0.2) is 29.1 Å². The van der Waals surface area contributed by atoms with E-state index in [1.807, 2.05) is 27.7 Å².